The molecule has 162 valence electrons. The second-order valence-corrected chi connectivity index (χ2v) is 9.75. The van der Waals surface area contributed by atoms with Gasteiger partial charge >= 0.3 is 0 Å². The van der Waals surface area contributed by atoms with Crippen molar-refractivity contribution in [2.75, 3.05) is 28.5 Å². The van der Waals surface area contributed by atoms with E-state index in [1.54, 1.807) is 12.1 Å². The Bertz CT molecular complexity index is 955. The smallest absolute Gasteiger partial charge is 0.241 e. The Morgan fingerprint density at radius 1 is 1.00 bits per heavy atom. The predicted octanol–water partition coefficient (Wildman–Crippen LogP) is 2.27. The van der Waals surface area contributed by atoms with Crippen molar-refractivity contribution >= 4 is 27.3 Å². The molecule has 0 spiro atoms. The molecule has 3 heterocycles. The number of imidazole rings is 1. The van der Waals surface area contributed by atoms with Crippen LogP contribution < -0.4 is 14.9 Å². The third-order valence-corrected chi connectivity index (χ3v) is 6.80. The third kappa shape index (κ3) is 5.33. The van der Waals surface area contributed by atoms with Gasteiger partial charge in [0.25, 0.3) is 0 Å². The van der Waals surface area contributed by atoms with E-state index in [-0.39, 0.29) is 6.54 Å². The molecule has 0 atom stereocenters. The molecule has 1 aromatic carbocycles. The molecule has 0 radical (unpaired) electrons. The maximum Gasteiger partial charge on any atom is 0.241 e. The first-order valence-electron chi connectivity index (χ1n) is 10.7. The molecule has 2 N–H and O–H groups in total. The van der Waals surface area contributed by atoms with Crippen LogP contribution in [0.2, 0.25) is 0 Å². The van der Waals surface area contributed by atoms with Gasteiger partial charge < -0.3 is 14.8 Å². The Kier molecular flexibility index (Phi) is 6.26. The number of nitrogens with zero attached hydrogens (tertiary/aromatic N) is 3. The number of carbonyl (C=O) groups is 1. The first-order chi connectivity index (χ1) is 14.5. The van der Waals surface area contributed by atoms with E-state index in [9.17, 15) is 13.2 Å². The van der Waals surface area contributed by atoms with Gasteiger partial charge in [0.2, 0.25) is 15.9 Å². The molecule has 1 amide bonds. The molecule has 0 saturated carbocycles. The number of hydrogen-bond acceptors (Lipinski definition) is 5. The van der Waals surface area contributed by atoms with Crippen molar-refractivity contribution in [3.8, 4) is 0 Å². The number of aromatic nitrogens is 2. The number of rotatable bonds is 7. The van der Waals surface area contributed by atoms with Gasteiger partial charge in [-0.25, -0.2) is 13.4 Å². The summed E-state index contributed by atoms with van der Waals surface area (Å²) < 4.78 is 29.3. The van der Waals surface area contributed by atoms with E-state index in [1.807, 2.05) is 18.3 Å². The van der Waals surface area contributed by atoms with Crippen LogP contribution in [0.15, 0.2) is 30.5 Å². The minimum Gasteiger partial charge on any atom is -0.372 e. The van der Waals surface area contributed by atoms with Crippen molar-refractivity contribution in [1.29, 1.82) is 0 Å². The zero-order chi connectivity index (χ0) is 21.0. The molecule has 2 aliphatic rings. The van der Waals surface area contributed by atoms with Crippen molar-refractivity contribution in [2.45, 2.75) is 51.6 Å². The molecule has 1 fully saturated rings. The van der Waals surface area contributed by atoms with Crippen LogP contribution in [0, 0.1) is 0 Å². The number of hydrogen-bond donors (Lipinski definition) is 2. The lowest BCUT2D eigenvalue weighted by molar-refractivity contribution is -0.118. The van der Waals surface area contributed by atoms with Crippen LogP contribution in [0.3, 0.4) is 0 Å². The second kappa shape index (κ2) is 9.07. The van der Waals surface area contributed by atoms with E-state index < -0.39 is 21.7 Å². The molecule has 0 bridgehead atoms. The van der Waals surface area contributed by atoms with Gasteiger partial charge in [0, 0.05) is 43.6 Å². The fourth-order valence-electron chi connectivity index (χ4n) is 4.08. The number of aryl methyl sites for hydroxylation is 2. The standard InChI is InChI=1S/C21H29N5O3S/c27-21(22-14-18-15-26-13-5-2-6-20(26)23-18)16-30(28,29)24-17-7-9-19(10-8-17)25-11-3-1-4-12-25/h7-10,15,24H,1-6,11-14,16H2,(H,22,27). The van der Waals surface area contributed by atoms with Crippen LogP contribution in [-0.4, -0.2) is 42.7 Å². The van der Waals surface area contributed by atoms with Crippen LogP contribution in [-0.2, 0) is 34.3 Å². The highest BCUT2D eigenvalue weighted by Crippen LogP contribution is 2.22. The Morgan fingerprint density at radius 2 is 1.73 bits per heavy atom. The fourth-order valence-corrected chi connectivity index (χ4v) is 5.09. The van der Waals surface area contributed by atoms with Crippen LogP contribution in [0.25, 0.3) is 0 Å². The Hall–Kier alpha value is -2.55. The summed E-state index contributed by atoms with van der Waals surface area (Å²) >= 11 is 0. The van der Waals surface area contributed by atoms with Crippen molar-refractivity contribution in [1.82, 2.24) is 14.9 Å². The van der Waals surface area contributed by atoms with Crippen LogP contribution in [0.4, 0.5) is 11.4 Å². The molecular formula is C21H29N5O3S. The zero-order valence-corrected chi connectivity index (χ0v) is 18.0. The molecule has 8 nitrogen and oxygen atoms in total. The van der Waals surface area contributed by atoms with E-state index in [1.165, 1.54) is 19.3 Å². The van der Waals surface area contributed by atoms with Crippen molar-refractivity contribution in [2.24, 2.45) is 0 Å². The van der Waals surface area contributed by atoms with Crippen molar-refractivity contribution < 1.29 is 13.2 Å². The normalized spacial score (nSPS) is 16.7. The van der Waals surface area contributed by atoms with Crippen LogP contribution in [0.5, 0.6) is 0 Å². The summed E-state index contributed by atoms with van der Waals surface area (Å²) in [5.41, 5.74) is 2.32. The summed E-state index contributed by atoms with van der Waals surface area (Å²) in [6.45, 7) is 3.25. The molecule has 30 heavy (non-hydrogen) atoms. The van der Waals surface area contributed by atoms with Gasteiger partial charge in [-0.1, -0.05) is 0 Å². The van der Waals surface area contributed by atoms with E-state index in [2.05, 4.69) is 24.5 Å². The van der Waals surface area contributed by atoms with Gasteiger partial charge in [-0.3, -0.25) is 9.52 Å². The number of carbonyl (C=O) groups excluding carboxylic acids is 1. The fraction of sp³-hybridized carbons (Fsp3) is 0.524. The number of sulfonamides is 1. The average molecular weight is 432 g/mol. The van der Waals surface area contributed by atoms with Gasteiger partial charge in [-0.05, 0) is 56.4 Å². The van der Waals surface area contributed by atoms with Crippen molar-refractivity contribution in [3.05, 3.63) is 42.0 Å². The van der Waals surface area contributed by atoms with E-state index in [0.717, 1.165) is 56.1 Å². The van der Waals surface area contributed by atoms with E-state index in [0.29, 0.717) is 5.69 Å². The topological polar surface area (TPSA) is 96.3 Å². The molecule has 1 aromatic heterocycles. The van der Waals surface area contributed by atoms with Gasteiger partial charge in [0.1, 0.15) is 11.6 Å². The number of fused-ring (bicyclic) bond motifs is 1. The SMILES string of the molecule is O=C(CS(=O)(=O)Nc1ccc(N2CCCCC2)cc1)NCc1cn2c(n1)CCCC2. The largest absolute Gasteiger partial charge is 0.372 e. The Balaban J connectivity index is 1.28. The average Bonchev–Trinajstić information content (AvgIpc) is 3.16. The highest BCUT2D eigenvalue weighted by Gasteiger charge is 2.18. The highest BCUT2D eigenvalue weighted by atomic mass is 32.2. The van der Waals surface area contributed by atoms with Crippen molar-refractivity contribution in [3.63, 3.8) is 0 Å². The first kappa shape index (κ1) is 20.7. The lowest BCUT2D eigenvalue weighted by Crippen LogP contribution is -2.32. The lowest BCUT2D eigenvalue weighted by Gasteiger charge is -2.28. The molecule has 0 aliphatic carbocycles. The minimum atomic E-state index is -3.78. The maximum absolute atomic E-state index is 12.4. The lowest BCUT2D eigenvalue weighted by atomic mass is 10.1. The number of amides is 1. The van der Waals surface area contributed by atoms with Crippen LogP contribution >= 0.6 is 0 Å². The Morgan fingerprint density at radius 3 is 2.47 bits per heavy atom. The minimum absolute atomic E-state index is 0.235. The van der Waals surface area contributed by atoms with E-state index >= 15 is 0 Å². The van der Waals surface area contributed by atoms with Gasteiger partial charge in [0.15, 0.2) is 0 Å². The number of anilines is 2. The van der Waals surface area contributed by atoms with Gasteiger partial charge in [-0.15, -0.1) is 0 Å². The quantitative estimate of drug-likeness (QED) is 0.701. The van der Waals surface area contributed by atoms with Crippen LogP contribution in [0.1, 0.15) is 43.6 Å². The third-order valence-electron chi connectivity index (χ3n) is 5.61. The molecule has 1 saturated heterocycles. The highest BCUT2D eigenvalue weighted by molar-refractivity contribution is 7.93. The summed E-state index contributed by atoms with van der Waals surface area (Å²) in [6, 6.07) is 7.33. The molecule has 2 aliphatic heterocycles. The first-order valence-corrected chi connectivity index (χ1v) is 12.3. The summed E-state index contributed by atoms with van der Waals surface area (Å²) in [5, 5.41) is 2.66. The van der Waals surface area contributed by atoms with Gasteiger partial charge in [0.05, 0.1) is 12.2 Å². The summed E-state index contributed by atoms with van der Waals surface area (Å²) in [7, 11) is -3.78. The zero-order valence-electron chi connectivity index (χ0n) is 17.1. The second-order valence-electron chi connectivity index (χ2n) is 8.03. The van der Waals surface area contributed by atoms with E-state index in [4.69, 9.17) is 0 Å². The molecule has 9 heteroatoms. The molecule has 0 unspecified atom stereocenters. The predicted molar refractivity (Wildman–Crippen MR) is 117 cm³/mol. The summed E-state index contributed by atoms with van der Waals surface area (Å²) in [4.78, 5) is 19.0. The maximum atomic E-state index is 12.4. The summed E-state index contributed by atoms with van der Waals surface area (Å²) in [6.07, 6.45) is 8.79. The van der Waals surface area contributed by atoms with Gasteiger partial charge in [-0.2, -0.15) is 0 Å². The molecular weight excluding hydrogens is 402 g/mol. The number of piperidine rings is 1. The number of benzene rings is 1. The summed E-state index contributed by atoms with van der Waals surface area (Å²) in [5.74, 6) is -0.125. The number of nitrogens with one attached hydrogen (secondary N) is 2. The molecule has 4 rings (SSSR count). The monoisotopic (exact) mass is 431 g/mol. The Labute approximate surface area is 177 Å². The molecule has 2 aromatic rings.